The molecule has 1 aromatic rings. The first-order valence-corrected chi connectivity index (χ1v) is 6.93. The summed E-state index contributed by atoms with van der Waals surface area (Å²) in [4.78, 5) is 13.7. The molecule has 0 aliphatic heterocycles. The highest BCUT2D eigenvalue weighted by Crippen LogP contribution is 2.23. The highest BCUT2D eigenvalue weighted by atomic mass is 35.5. The molecule has 0 spiro atoms. The zero-order valence-electron chi connectivity index (χ0n) is 11.0. The molecule has 4 nitrogen and oxygen atoms in total. The summed E-state index contributed by atoms with van der Waals surface area (Å²) in [6, 6.07) is 6.67. The normalized spacial score (nSPS) is 22.9. The predicted octanol–water partition coefficient (Wildman–Crippen LogP) is 3.11. The number of likely N-dealkylation sites (N-methyl/N-ethyl adjacent to an activating group) is 1. The van der Waals surface area contributed by atoms with Crippen LogP contribution >= 0.6 is 11.6 Å². The van der Waals surface area contributed by atoms with Gasteiger partial charge in [-0.05, 0) is 37.1 Å². The molecule has 0 radical (unpaired) electrons. The maximum atomic E-state index is 12.1. The van der Waals surface area contributed by atoms with Crippen LogP contribution in [0.2, 0.25) is 5.02 Å². The van der Waals surface area contributed by atoms with Gasteiger partial charge in [0.15, 0.2) is 0 Å². The predicted molar refractivity (Wildman–Crippen MR) is 76.5 cm³/mol. The van der Waals surface area contributed by atoms with Crippen molar-refractivity contribution >= 4 is 23.3 Å². The molecule has 0 bridgehead atoms. The van der Waals surface area contributed by atoms with E-state index >= 15 is 0 Å². The lowest BCUT2D eigenvalue weighted by atomic mass is 9.92. The topological polar surface area (TPSA) is 52.6 Å². The summed E-state index contributed by atoms with van der Waals surface area (Å²) >= 11 is 5.80. The minimum absolute atomic E-state index is 0.0962. The van der Waals surface area contributed by atoms with Gasteiger partial charge in [-0.25, -0.2) is 4.79 Å². The lowest BCUT2D eigenvalue weighted by molar-refractivity contribution is 0.0494. The van der Waals surface area contributed by atoms with Gasteiger partial charge in [0.25, 0.3) is 0 Å². The number of nitrogens with zero attached hydrogens (tertiary/aromatic N) is 1. The molecule has 1 aliphatic rings. The van der Waals surface area contributed by atoms with Crippen LogP contribution in [0.5, 0.6) is 0 Å². The fourth-order valence-corrected chi connectivity index (χ4v) is 2.56. The van der Waals surface area contributed by atoms with E-state index in [0.29, 0.717) is 10.7 Å². The molecule has 2 N–H and O–H groups in total. The van der Waals surface area contributed by atoms with Crippen LogP contribution in [0.3, 0.4) is 0 Å². The van der Waals surface area contributed by atoms with E-state index in [-0.39, 0.29) is 12.1 Å². The van der Waals surface area contributed by atoms with E-state index in [1.165, 1.54) is 0 Å². The maximum absolute atomic E-state index is 12.1. The number of hydrogen-bond donors (Lipinski definition) is 2. The van der Waals surface area contributed by atoms with Crippen molar-refractivity contribution in [2.24, 2.45) is 0 Å². The van der Waals surface area contributed by atoms with Crippen molar-refractivity contribution in [2.75, 3.05) is 12.4 Å². The number of halogens is 1. The van der Waals surface area contributed by atoms with Gasteiger partial charge in [0.2, 0.25) is 0 Å². The van der Waals surface area contributed by atoms with Gasteiger partial charge in [-0.2, -0.15) is 0 Å². The summed E-state index contributed by atoms with van der Waals surface area (Å²) in [5.74, 6) is 0. The Morgan fingerprint density at radius 3 is 2.58 bits per heavy atom. The second kappa shape index (κ2) is 6.26. The Morgan fingerprint density at radius 1 is 1.32 bits per heavy atom. The van der Waals surface area contributed by atoms with Gasteiger partial charge < -0.3 is 15.3 Å². The van der Waals surface area contributed by atoms with Crippen LogP contribution in [0, 0.1) is 0 Å². The lowest BCUT2D eigenvalue weighted by Crippen LogP contribution is -2.47. The van der Waals surface area contributed by atoms with Gasteiger partial charge in [0, 0.05) is 17.8 Å². The Labute approximate surface area is 118 Å². The van der Waals surface area contributed by atoms with Crippen molar-refractivity contribution in [3.8, 4) is 0 Å². The molecule has 1 aliphatic carbocycles. The van der Waals surface area contributed by atoms with Gasteiger partial charge in [0.05, 0.1) is 12.1 Å². The Bertz CT molecular complexity index is 436. The molecule has 5 heteroatoms. The van der Waals surface area contributed by atoms with Crippen molar-refractivity contribution in [3.05, 3.63) is 29.3 Å². The Kier molecular flexibility index (Phi) is 4.66. The molecule has 2 atom stereocenters. The molecule has 0 aromatic heterocycles. The quantitative estimate of drug-likeness (QED) is 0.876. The molecular weight excluding hydrogens is 264 g/mol. The smallest absolute Gasteiger partial charge is 0.321 e. The number of urea groups is 1. The third-order valence-electron chi connectivity index (χ3n) is 3.61. The van der Waals surface area contributed by atoms with E-state index in [2.05, 4.69) is 5.32 Å². The molecule has 0 unspecified atom stereocenters. The van der Waals surface area contributed by atoms with Crippen LogP contribution in [0.4, 0.5) is 10.5 Å². The number of rotatable bonds is 2. The van der Waals surface area contributed by atoms with E-state index in [0.717, 1.165) is 25.7 Å². The number of aliphatic hydroxyl groups excluding tert-OH is 1. The molecule has 2 rings (SSSR count). The van der Waals surface area contributed by atoms with Crippen molar-refractivity contribution in [3.63, 3.8) is 0 Å². The van der Waals surface area contributed by atoms with Crippen LogP contribution in [0.25, 0.3) is 0 Å². The van der Waals surface area contributed by atoms with E-state index in [1.807, 2.05) is 0 Å². The largest absolute Gasteiger partial charge is 0.391 e. The van der Waals surface area contributed by atoms with Crippen LogP contribution in [0.15, 0.2) is 24.3 Å². The summed E-state index contributed by atoms with van der Waals surface area (Å²) < 4.78 is 0. The first-order chi connectivity index (χ1) is 9.08. The van der Waals surface area contributed by atoms with Crippen molar-refractivity contribution in [2.45, 2.75) is 37.8 Å². The zero-order valence-corrected chi connectivity index (χ0v) is 11.7. The van der Waals surface area contributed by atoms with Gasteiger partial charge in [-0.1, -0.05) is 24.4 Å². The number of hydrogen-bond acceptors (Lipinski definition) is 2. The average molecular weight is 283 g/mol. The first-order valence-electron chi connectivity index (χ1n) is 6.55. The number of anilines is 1. The molecular formula is C14H19ClN2O2. The summed E-state index contributed by atoms with van der Waals surface area (Å²) in [5, 5.41) is 13.4. The number of carbonyl (C=O) groups excluding carboxylic acids is 1. The highest BCUT2D eigenvalue weighted by Gasteiger charge is 2.29. The monoisotopic (exact) mass is 282 g/mol. The molecule has 0 saturated heterocycles. The van der Waals surface area contributed by atoms with Crippen LogP contribution in [-0.2, 0) is 0 Å². The van der Waals surface area contributed by atoms with Gasteiger partial charge in [0.1, 0.15) is 0 Å². The van der Waals surface area contributed by atoms with E-state index in [4.69, 9.17) is 11.6 Å². The van der Waals surface area contributed by atoms with Gasteiger partial charge >= 0.3 is 6.03 Å². The average Bonchev–Trinajstić information content (AvgIpc) is 2.41. The first kappa shape index (κ1) is 14.2. The summed E-state index contributed by atoms with van der Waals surface area (Å²) in [5.41, 5.74) is 0.701. The van der Waals surface area contributed by atoms with E-state index in [1.54, 1.807) is 36.2 Å². The fraction of sp³-hybridized carbons (Fsp3) is 0.500. The van der Waals surface area contributed by atoms with Crippen LogP contribution < -0.4 is 5.32 Å². The third-order valence-corrected chi connectivity index (χ3v) is 3.86. The molecule has 1 saturated carbocycles. The Balaban J connectivity index is 1.96. The fourth-order valence-electron chi connectivity index (χ4n) is 2.44. The molecule has 104 valence electrons. The van der Waals surface area contributed by atoms with Gasteiger partial charge in [-0.3, -0.25) is 0 Å². The Hall–Kier alpha value is -1.26. The third kappa shape index (κ3) is 3.61. The molecule has 0 heterocycles. The van der Waals surface area contributed by atoms with E-state index < -0.39 is 6.10 Å². The number of aliphatic hydroxyl groups is 1. The van der Waals surface area contributed by atoms with Crippen LogP contribution in [-0.4, -0.2) is 35.2 Å². The lowest BCUT2D eigenvalue weighted by Gasteiger charge is -2.35. The minimum atomic E-state index is -0.422. The number of carbonyl (C=O) groups is 1. The van der Waals surface area contributed by atoms with Crippen molar-refractivity contribution < 1.29 is 9.90 Å². The molecule has 2 amide bonds. The minimum Gasteiger partial charge on any atom is -0.391 e. The molecule has 1 fully saturated rings. The number of benzene rings is 1. The number of amides is 2. The molecule has 19 heavy (non-hydrogen) atoms. The SMILES string of the molecule is CN(C(=O)Nc1ccc(Cl)cc1)[C@H]1CCCC[C@H]1O. The summed E-state index contributed by atoms with van der Waals surface area (Å²) in [6.45, 7) is 0. The second-order valence-corrected chi connectivity index (χ2v) is 5.40. The molecule has 1 aromatic carbocycles. The second-order valence-electron chi connectivity index (χ2n) is 4.97. The van der Waals surface area contributed by atoms with Crippen molar-refractivity contribution in [1.29, 1.82) is 0 Å². The zero-order chi connectivity index (χ0) is 13.8. The standard InChI is InChI=1S/C14H19ClN2O2/c1-17(12-4-2-3-5-13(12)18)14(19)16-11-8-6-10(15)7-9-11/h6-9,12-13,18H,2-5H2,1H3,(H,16,19)/t12-,13+/m0/s1. The van der Waals surface area contributed by atoms with Crippen LogP contribution in [0.1, 0.15) is 25.7 Å². The Morgan fingerprint density at radius 2 is 1.95 bits per heavy atom. The summed E-state index contributed by atoms with van der Waals surface area (Å²) in [7, 11) is 1.73. The van der Waals surface area contributed by atoms with Gasteiger partial charge in [-0.15, -0.1) is 0 Å². The van der Waals surface area contributed by atoms with E-state index in [9.17, 15) is 9.90 Å². The maximum Gasteiger partial charge on any atom is 0.321 e. The van der Waals surface area contributed by atoms with Crippen molar-refractivity contribution in [1.82, 2.24) is 4.90 Å². The number of nitrogens with one attached hydrogen (secondary N) is 1. The highest BCUT2D eigenvalue weighted by molar-refractivity contribution is 6.30. The summed E-state index contributed by atoms with van der Waals surface area (Å²) in [6.07, 6.45) is 3.29.